The summed E-state index contributed by atoms with van der Waals surface area (Å²) in [5.41, 5.74) is 6.70. The van der Waals surface area contributed by atoms with Crippen LogP contribution >= 0.6 is 0 Å². The minimum atomic E-state index is 0.850. The molecule has 4 heterocycles. The van der Waals surface area contributed by atoms with Crippen molar-refractivity contribution in [3.63, 3.8) is 0 Å². The van der Waals surface area contributed by atoms with Crippen LogP contribution in [0.25, 0.3) is 44.5 Å². The third-order valence-electron chi connectivity index (χ3n) is 4.31. The van der Waals surface area contributed by atoms with Crippen molar-refractivity contribution in [3.05, 3.63) is 49.5 Å². The lowest BCUT2D eigenvalue weighted by molar-refractivity contribution is 0.620. The van der Waals surface area contributed by atoms with Crippen molar-refractivity contribution in [3.8, 4) is 22.5 Å². The van der Waals surface area contributed by atoms with Crippen LogP contribution in [0.15, 0.2) is 53.9 Å². The van der Waals surface area contributed by atoms with Gasteiger partial charge >= 0.3 is 0 Å². The largest absolute Gasteiger partial charge is 0.461 e. The summed E-state index contributed by atoms with van der Waals surface area (Å²) >= 11 is 0. The average molecular weight is 317 g/mol. The second-order valence-corrected chi connectivity index (χ2v) is 6.06. The molecule has 0 bridgehead atoms. The van der Waals surface area contributed by atoms with Crippen LogP contribution in [-0.4, -0.2) is 24.1 Å². The van der Waals surface area contributed by atoms with Gasteiger partial charge in [0.25, 0.3) is 0 Å². The van der Waals surface area contributed by atoms with Gasteiger partial charge in [0, 0.05) is 37.4 Å². The average Bonchev–Trinajstić information content (AvgIpc) is 3.30. The van der Waals surface area contributed by atoms with E-state index in [2.05, 4.69) is 27.1 Å². The molecule has 0 saturated carbocycles. The van der Waals surface area contributed by atoms with E-state index in [-0.39, 0.29) is 0 Å². The number of nitrogens with zero attached hydrogens (tertiary/aromatic N) is 4. The molecule has 0 unspecified atom stereocenters. The van der Waals surface area contributed by atoms with Crippen LogP contribution in [0.2, 0.25) is 0 Å². The molecule has 118 valence electrons. The Hall–Kier alpha value is -3.28. The van der Waals surface area contributed by atoms with Crippen LogP contribution in [0.5, 0.6) is 0 Å². The van der Waals surface area contributed by atoms with Crippen molar-refractivity contribution in [2.24, 2.45) is 14.1 Å². The Morgan fingerprint density at radius 3 is 2.29 bits per heavy atom. The van der Waals surface area contributed by atoms with E-state index in [1.54, 1.807) is 18.9 Å². The highest BCUT2D eigenvalue weighted by atomic mass is 16.3. The third kappa shape index (κ3) is 1.76. The topological polar surface area (TPSA) is 64.6 Å². The number of H-pyrrole nitrogens is 1. The Kier molecular flexibility index (Phi) is 2.53. The SMILES string of the molecule is Cn1cnc(-c2cccc3c2[nH]c2c(-c4cn(C)cn4)coc23)c1. The monoisotopic (exact) mass is 317 g/mol. The van der Waals surface area contributed by atoms with E-state index >= 15 is 0 Å². The van der Waals surface area contributed by atoms with E-state index in [9.17, 15) is 0 Å². The molecule has 0 aliphatic rings. The van der Waals surface area contributed by atoms with Crippen LogP contribution in [0.3, 0.4) is 0 Å². The number of aromatic amines is 1. The number of aryl methyl sites for hydroxylation is 2. The standard InChI is InChI=1S/C18H15N5O/c1-22-6-14(19-9-22)11-4-3-5-12-16(11)21-17-13(8-24-18(12)17)15-7-23(2)10-20-15/h3-10,21H,1-2H3. The molecule has 0 aliphatic carbocycles. The lowest BCUT2D eigenvalue weighted by Gasteiger charge is -1.99. The highest BCUT2D eigenvalue weighted by molar-refractivity contribution is 6.12. The molecule has 24 heavy (non-hydrogen) atoms. The fourth-order valence-corrected chi connectivity index (χ4v) is 3.19. The highest BCUT2D eigenvalue weighted by Crippen LogP contribution is 2.37. The summed E-state index contributed by atoms with van der Waals surface area (Å²) in [7, 11) is 3.93. The molecule has 0 aliphatic heterocycles. The lowest BCUT2D eigenvalue weighted by Crippen LogP contribution is -1.81. The number of benzene rings is 1. The number of furan rings is 1. The molecule has 4 aromatic heterocycles. The second-order valence-electron chi connectivity index (χ2n) is 6.06. The summed E-state index contributed by atoms with van der Waals surface area (Å²) < 4.78 is 9.73. The molecular weight excluding hydrogens is 302 g/mol. The Morgan fingerprint density at radius 2 is 1.62 bits per heavy atom. The first-order valence-electron chi connectivity index (χ1n) is 7.69. The number of para-hydroxylation sites is 1. The fourth-order valence-electron chi connectivity index (χ4n) is 3.19. The zero-order chi connectivity index (χ0) is 16.3. The molecule has 6 nitrogen and oxygen atoms in total. The third-order valence-corrected chi connectivity index (χ3v) is 4.31. The van der Waals surface area contributed by atoms with Gasteiger partial charge in [-0.05, 0) is 6.07 Å². The molecule has 0 fully saturated rings. The number of hydrogen-bond acceptors (Lipinski definition) is 3. The number of rotatable bonds is 2. The maximum Gasteiger partial charge on any atom is 0.160 e. The molecule has 0 saturated heterocycles. The van der Waals surface area contributed by atoms with E-state index < -0.39 is 0 Å². The number of aromatic nitrogens is 5. The molecule has 0 atom stereocenters. The van der Waals surface area contributed by atoms with Gasteiger partial charge in [0.1, 0.15) is 6.26 Å². The fraction of sp³-hybridized carbons (Fsp3) is 0.111. The second kappa shape index (κ2) is 4.61. The first kappa shape index (κ1) is 13.2. The zero-order valence-corrected chi connectivity index (χ0v) is 13.3. The summed E-state index contributed by atoms with van der Waals surface area (Å²) in [6.45, 7) is 0. The van der Waals surface area contributed by atoms with Gasteiger partial charge in [-0.25, -0.2) is 9.97 Å². The smallest absolute Gasteiger partial charge is 0.160 e. The van der Waals surface area contributed by atoms with Gasteiger partial charge in [-0.2, -0.15) is 0 Å². The first-order chi connectivity index (χ1) is 11.7. The Balaban J connectivity index is 1.80. The molecule has 0 amide bonds. The van der Waals surface area contributed by atoms with Gasteiger partial charge in [-0.3, -0.25) is 0 Å². The van der Waals surface area contributed by atoms with Crippen molar-refractivity contribution >= 4 is 22.0 Å². The molecule has 1 aromatic carbocycles. The minimum Gasteiger partial charge on any atom is -0.461 e. The molecule has 0 spiro atoms. The van der Waals surface area contributed by atoms with Gasteiger partial charge in [-0.15, -0.1) is 0 Å². The predicted molar refractivity (Wildman–Crippen MR) is 92.5 cm³/mol. The van der Waals surface area contributed by atoms with Crippen molar-refractivity contribution in [1.82, 2.24) is 24.1 Å². The summed E-state index contributed by atoms with van der Waals surface area (Å²) in [5.74, 6) is 0. The predicted octanol–water partition coefficient (Wildman–Crippen LogP) is 3.72. The molecule has 5 rings (SSSR count). The highest BCUT2D eigenvalue weighted by Gasteiger charge is 2.18. The Labute approximate surface area is 137 Å². The summed E-state index contributed by atoms with van der Waals surface area (Å²) in [6, 6.07) is 6.16. The van der Waals surface area contributed by atoms with Crippen molar-refractivity contribution < 1.29 is 4.42 Å². The van der Waals surface area contributed by atoms with Gasteiger partial charge in [0.2, 0.25) is 0 Å². The lowest BCUT2D eigenvalue weighted by atomic mass is 10.1. The quantitative estimate of drug-likeness (QED) is 0.540. The van der Waals surface area contributed by atoms with Crippen LogP contribution in [-0.2, 0) is 14.1 Å². The number of imidazole rings is 2. The first-order valence-corrected chi connectivity index (χ1v) is 7.69. The summed E-state index contributed by atoms with van der Waals surface area (Å²) in [6.07, 6.45) is 9.35. The Morgan fingerprint density at radius 1 is 0.917 bits per heavy atom. The van der Waals surface area contributed by atoms with Gasteiger partial charge < -0.3 is 18.5 Å². The van der Waals surface area contributed by atoms with Crippen LogP contribution < -0.4 is 0 Å². The zero-order valence-electron chi connectivity index (χ0n) is 13.3. The van der Waals surface area contributed by atoms with Gasteiger partial charge in [-0.1, -0.05) is 12.1 Å². The normalized spacial score (nSPS) is 11.8. The Bertz CT molecular complexity index is 1190. The number of hydrogen-bond donors (Lipinski definition) is 1. The number of fused-ring (bicyclic) bond motifs is 3. The minimum absolute atomic E-state index is 0.850. The summed E-state index contributed by atoms with van der Waals surface area (Å²) in [4.78, 5) is 12.4. The van der Waals surface area contributed by atoms with E-state index in [0.29, 0.717) is 0 Å². The van der Waals surface area contributed by atoms with Crippen LogP contribution in [0.4, 0.5) is 0 Å². The van der Waals surface area contributed by atoms with Gasteiger partial charge in [0.05, 0.1) is 40.6 Å². The van der Waals surface area contributed by atoms with E-state index in [4.69, 9.17) is 4.42 Å². The van der Waals surface area contributed by atoms with Crippen molar-refractivity contribution in [1.29, 1.82) is 0 Å². The molecule has 5 aromatic rings. The van der Waals surface area contributed by atoms with Crippen molar-refractivity contribution in [2.45, 2.75) is 0 Å². The summed E-state index contributed by atoms with van der Waals surface area (Å²) in [5, 5.41) is 1.05. The van der Waals surface area contributed by atoms with E-state index in [1.807, 2.05) is 41.7 Å². The maximum absolute atomic E-state index is 5.86. The molecule has 0 radical (unpaired) electrons. The van der Waals surface area contributed by atoms with Crippen LogP contribution in [0.1, 0.15) is 0 Å². The molecule has 1 N–H and O–H groups in total. The van der Waals surface area contributed by atoms with Gasteiger partial charge in [0.15, 0.2) is 5.58 Å². The van der Waals surface area contributed by atoms with Crippen LogP contribution in [0, 0.1) is 0 Å². The maximum atomic E-state index is 5.86. The van der Waals surface area contributed by atoms with Crippen molar-refractivity contribution in [2.75, 3.05) is 0 Å². The van der Waals surface area contributed by atoms with E-state index in [0.717, 1.165) is 44.5 Å². The van der Waals surface area contributed by atoms with E-state index in [1.165, 1.54) is 0 Å². The number of nitrogens with one attached hydrogen (secondary N) is 1. The molecule has 6 heteroatoms. The molecular formula is C18H15N5O.